The number of anilines is 1. The van der Waals surface area contributed by atoms with Gasteiger partial charge >= 0.3 is 5.97 Å². The molecule has 0 spiro atoms. The summed E-state index contributed by atoms with van der Waals surface area (Å²) >= 11 is 0. The number of carbonyl (C=O) groups is 1. The summed E-state index contributed by atoms with van der Waals surface area (Å²) in [6.07, 6.45) is 4.76. The molecule has 0 unspecified atom stereocenters. The smallest absolute Gasteiger partial charge is 0.359 e. The van der Waals surface area contributed by atoms with Crippen LogP contribution in [0.4, 0.5) is 5.69 Å². The molecule has 1 aromatic rings. The Labute approximate surface area is 120 Å². The molecule has 1 aliphatic carbocycles. The summed E-state index contributed by atoms with van der Waals surface area (Å²) in [7, 11) is 1.73. The number of aromatic nitrogens is 2. The van der Waals surface area contributed by atoms with Gasteiger partial charge in [-0.3, -0.25) is 4.68 Å². The highest BCUT2D eigenvalue weighted by atomic mass is 16.5. The highest BCUT2D eigenvalue weighted by Crippen LogP contribution is 2.36. The van der Waals surface area contributed by atoms with Gasteiger partial charge in [-0.1, -0.05) is 20.8 Å². The van der Waals surface area contributed by atoms with Crippen molar-refractivity contribution in [1.82, 2.24) is 9.78 Å². The second-order valence-corrected chi connectivity index (χ2v) is 6.46. The van der Waals surface area contributed by atoms with E-state index in [0.717, 1.165) is 31.4 Å². The molecular weight excluding hydrogens is 254 g/mol. The summed E-state index contributed by atoms with van der Waals surface area (Å²) in [5.74, 6) is -0.345. The zero-order chi connectivity index (χ0) is 14.9. The molecule has 20 heavy (non-hydrogen) atoms. The van der Waals surface area contributed by atoms with Crippen LogP contribution in [0.25, 0.3) is 0 Å². The third-order valence-corrected chi connectivity index (χ3v) is 4.25. The Balaban J connectivity index is 2.04. The Bertz CT molecular complexity index is 495. The van der Waals surface area contributed by atoms with E-state index in [4.69, 9.17) is 10.5 Å². The van der Waals surface area contributed by atoms with Gasteiger partial charge in [0.1, 0.15) is 6.10 Å². The van der Waals surface area contributed by atoms with Gasteiger partial charge in [-0.15, -0.1) is 0 Å². The number of hydrogen-bond donors (Lipinski definition) is 1. The molecular formula is C15H25N3O2. The summed E-state index contributed by atoms with van der Waals surface area (Å²) in [4.78, 5) is 12.3. The summed E-state index contributed by atoms with van der Waals surface area (Å²) in [6.45, 7) is 6.49. The first-order valence-electron chi connectivity index (χ1n) is 7.36. The topological polar surface area (TPSA) is 70.1 Å². The zero-order valence-electron chi connectivity index (χ0n) is 12.9. The van der Waals surface area contributed by atoms with Crippen molar-refractivity contribution in [3.63, 3.8) is 0 Å². The quantitative estimate of drug-likeness (QED) is 0.864. The monoisotopic (exact) mass is 279 g/mol. The van der Waals surface area contributed by atoms with Crippen LogP contribution in [0.1, 0.15) is 62.6 Å². The molecule has 1 saturated carbocycles. The molecule has 0 saturated heterocycles. The molecule has 0 radical (unpaired) electrons. The first kappa shape index (κ1) is 14.9. The maximum absolute atomic E-state index is 12.3. The number of nitrogens with two attached hydrogens (primary N) is 1. The molecule has 0 aliphatic heterocycles. The fourth-order valence-electron chi connectivity index (χ4n) is 2.80. The molecule has 1 heterocycles. The lowest BCUT2D eigenvalue weighted by Gasteiger charge is -2.33. The molecule has 112 valence electrons. The van der Waals surface area contributed by atoms with Crippen LogP contribution < -0.4 is 5.73 Å². The number of rotatable bonds is 3. The van der Waals surface area contributed by atoms with Gasteiger partial charge in [0, 0.05) is 7.05 Å². The zero-order valence-corrected chi connectivity index (χ0v) is 12.9. The van der Waals surface area contributed by atoms with E-state index < -0.39 is 0 Å². The maximum atomic E-state index is 12.3. The molecule has 0 amide bonds. The lowest BCUT2D eigenvalue weighted by atomic mass is 9.76. The van der Waals surface area contributed by atoms with E-state index in [-0.39, 0.29) is 12.1 Å². The molecule has 2 rings (SSSR count). The van der Waals surface area contributed by atoms with Gasteiger partial charge in [0.05, 0.1) is 11.4 Å². The predicted octanol–water partition coefficient (Wildman–Crippen LogP) is 2.69. The summed E-state index contributed by atoms with van der Waals surface area (Å²) < 4.78 is 7.14. The van der Waals surface area contributed by atoms with E-state index in [1.807, 2.05) is 6.92 Å². The van der Waals surface area contributed by atoms with Crippen molar-refractivity contribution in [3.8, 4) is 0 Å². The second kappa shape index (κ2) is 5.46. The minimum atomic E-state index is -0.345. The number of nitrogens with zero attached hydrogens (tertiary/aromatic N) is 2. The summed E-state index contributed by atoms with van der Waals surface area (Å²) in [5.41, 5.74) is 7.93. The first-order chi connectivity index (χ1) is 9.34. The molecule has 0 atom stereocenters. The minimum Gasteiger partial charge on any atom is -0.458 e. The standard InChI is InChI=1S/C15H25N3O2/c1-5-11-12(16)13(18(4)17-11)14(19)20-10-6-8-15(2,3)9-7-10/h10H,5-9,16H2,1-4H3. The Kier molecular flexibility index (Phi) is 4.06. The van der Waals surface area contributed by atoms with E-state index in [2.05, 4.69) is 18.9 Å². The van der Waals surface area contributed by atoms with Crippen LogP contribution in [-0.2, 0) is 18.2 Å². The number of hydrogen-bond acceptors (Lipinski definition) is 4. The normalized spacial score (nSPS) is 19.0. The van der Waals surface area contributed by atoms with Crippen LogP contribution in [0.15, 0.2) is 0 Å². The predicted molar refractivity (Wildman–Crippen MR) is 78.5 cm³/mol. The Morgan fingerprint density at radius 3 is 2.55 bits per heavy atom. The van der Waals surface area contributed by atoms with E-state index in [0.29, 0.717) is 23.2 Å². The van der Waals surface area contributed by atoms with Crippen molar-refractivity contribution < 1.29 is 9.53 Å². The van der Waals surface area contributed by atoms with Crippen molar-refractivity contribution in [2.75, 3.05) is 5.73 Å². The number of nitrogen functional groups attached to an aromatic ring is 1. The maximum Gasteiger partial charge on any atom is 0.359 e. The summed E-state index contributed by atoms with van der Waals surface area (Å²) in [5, 5.41) is 4.26. The van der Waals surface area contributed by atoms with E-state index in [1.165, 1.54) is 4.68 Å². The average molecular weight is 279 g/mol. The van der Waals surface area contributed by atoms with Gasteiger partial charge in [0.15, 0.2) is 5.69 Å². The highest BCUT2D eigenvalue weighted by molar-refractivity contribution is 5.93. The molecule has 2 N–H and O–H groups in total. The van der Waals surface area contributed by atoms with Crippen LogP contribution in [0.5, 0.6) is 0 Å². The third kappa shape index (κ3) is 2.97. The van der Waals surface area contributed by atoms with Gasteiger partial charge in [-0.05, 0) is 37.5 Å². The van der Waals surface area contributed by atoms with Crippen molar-refractivity contribution in [2.45, 2.75) is 59.0 Å². The number of esters is 1. The van der Waals surface area contributed by atoms with E-state index in [1.54, 1.807) is 7.05 Å². The molecule has 5 nitrogen and oxygen atoms in total. The molecule has 1 fully saturated rings. The van der Waals surface area contributed by atoms with Crippen LogP contribution >= 0.6 is 0 Å². The van der Waals surface area contributed by atoms with Crippen molar-refractivity contribution in [1.29, 1.82) is 0 Å². The largest absolute Gasteiger partial charge is 0.458 e. The van der Waals surface area contributed by atoms with Gasteiger partial charge in [-0.2, -0.15) is 5.10 Å². The molecule has 0 bridgehead atoms. The molecule has 0 aromatic carbocycles. The average Bonchev–Trinajstić information content (AvgIpc) is 2.67. The highest BCUT2D eigenvalue weighted by Gasteiger charge is 2.30. The summed E-state index contributed by atoms with van der Waals surface area (Å²) in [6, 6.07) is 0. The van der Waals surface area contributed by atoms with Crippen LogP contribution in [0.3, 0.4) is 0 Å². The molecule has 5 heteroatoms. The fraction of sp³-hybridized carbons (Fsp3) is 0.733. The van der Waals surface area contributed by atoms with E-state index in [9.17, 15) is 4.79 Å². The molecule has 1 aliphatic rings. The molecule has 1 aromatic heterocycles. The number of carbonyl (C=O) groups excluding carboxylic acids is 1. The second-order valence-electron chi connectivity index (χ2n) is 6.46. The van der Waals surface area contributed by atoms with Crippen LogP contribution in [0.2, 0.25) is 0 Å². The van der Waals surface area contributed by atoms with E-state index >= 15 is 0 Å². The Morgan fingerprint density at radius 2 is 2.05 bits per heavy atom. The third-order valence-electron chi connectivity index (χ3n) is 4.25. The Morgan fingerprint density at radius 1 is 1.45 bits per heavy atom. The number of aryl methyl sites for hydroxylation is 2. The van der Waals surface area contributed by atoms with Crippen molar-refractivity contribution >= 4 is 11.7 Å². The van der Waals surface area contributed by atoms with Gasteiger partial charge < -0.3 is 10.5 Å². The lowest BCUT2D eigenvalue weighted by Crippen LogP contribution is -2.29. The minimum absolute atomic E-state index is 0.00917. The fourth-order valence-corrected chi connectivity index (χ4v) is 2.80. The van der Waals surface area contributed by atoms with Crippen molar-refractivity contribution in [2.24, 2.45) is 12.5 Å². The first-order valence-corrected chi connectivity index (χ1v) is 7.36. The van der Waals surface area contributed by atoms with Gasteiger partial charge in [0.25, 0.3) is 0 Å². The van der Waals surface area contributed by atoms with Crippen LogP contribution in [-0.4, -0.2) is 21.9 Å². The van der Waals surface area contributed by atoms with Gasteiger partial charge in [0.2, 0.25) is 0 Å². The lowest BCUT2D eigenvalue weighted by molar-refractivity contribution is 0.00854. The Hall–Kier alpha value is -1.52. The number of ether oxygens (including phenoxy) is 1. The van der Waals surface area contributed by atoms with Gasteiger partial charge in [-0.25, -0.2) is 4.79 Å². The van der Waals surface area contributed by atoms with Crippen molar-refractivity contribution in [3.05, 3.63) is 11.4 Å². The SMILES string of the molecule is CCc1nn(C)c(C(=O)OC2CCC(C)(C)CC2)c1N. The van der Waals surface area contributed by atoms with Crippen LogP contribution in [0, 0.1) is 5.41 Å².